The van der Waals surface area contributed by atoms with Crippen LogP contribution in [0.3, 0.4) is 0 Å². The number of amides is 1. The lowest BCUT2D eigenvalue weighted by Gasteiger charge is -2.32. The molecule has 0 saturated carbocycles. The van der Waals surface area contributed by atoms with E-state index in [1.54, 1.807) is 18.7 Å². The summed E-state index contributed by atoms with van der Waals surface area (Å²) in [4.78, 5) is 23.2. The Labute approximate surface area is 170 Å². The van der Waals surface area contributed by atoms with Gasteiger partial charge in [-0.15, -0.1) is 0 Å². The van der Waals surface area contributed by atoms with Crippen molar-refractivity contribution < 1.29 is 9.53 Å². The van der Waals surface area contributed by atoms with Crippen molar-refractivity contribution in [2.24, 2.45) is 0 Å². The van der Waals surface area contributed by atoms with Gasteiger partial charge < -0.3 is 9.64 Å². The lowest BCUT2D eigenvalue weighted by molar-refractivity contribution is 0.0672. The van der Waals surface area contributed by atoms with Gasteiger partial charge in [0.2, 0.25) is 0 Å². The number of aryl methyl sites for hydroxylation is 2. The number of hydrogen-bond acceptors (Lipinski definition) is 5. The summed E-state index contributed by atoms with van der Waals surface area (Å²) in [6, 6.07) is 7.91. The Morgan fingerprint density at radius 1 is 1.24 bits per heavy atom. The molecule has 7 nitrogen and oxygen atoms in total. The first-order valence-electron chi connectivity index (χ1n) is 9.88. The molecule has 3 heterocycles. The fourth-order valence-electron chi connectivity index (χ4n) is 3.88. The van der Waals surface area contributed by atoms with E-state index in [9.17, 15) is 4.79 Å². The van der Waals surface area contributed by atoms with Gasteiger partial charge in [0, 0.05) is 36.6 Å². The van der Waals surface area contributed by atoms with Gasteiger partial charge in [-0.3, -0.25) is 9.78 Å². The lowest BCUT2D eigenvalue weighted by atomic mass is 10.0. The molecule has 7 heteroatoms. The van der Waals surface area contributed by atoms with Crippen LogP contribution in [0.25, 0.3) is 0 Å². The van der Waals surface area contributed by atoms with E-state index >= 15 is 0 Å². The molecule has 1 aliphatic heterocycles. The third-order valence-electron chi connectivity index (χ3n) is 5.31. The van der Waals surface area contributed by atoms with Crippen LogP contribution in [0.5, 0.6) is 5.75 Å². The van der Waals surface area contributed by atoms with Crippen molar-refractivity contribution in [2.75, 3.05) is 13.1 Å². The maximum atomic E-state index is 13.1. The summed E-state index contributed by atoms with van der Waals surface area (Å²) in [5, 5.41) is 4.24. The molecule has 1 amide bonds. The highest BCUT2D eigenvalue weighted by molar-refractivity contribution is 5.95. The van der Waals surface area contributed by atoms with Gasteiger partial charge in [-0.05, 0) is 56.0 Å². The standard InChI is InChI=1S/C22H25N5O2/c1-16-9-19(10-17(2)21(16)29-13-18-5-3-7-23-11-18)22(28)26-8-4-6-20(12-26)27-15-24-14-25-27/h3,5,7,9-11,14-15,20H,4,6,8,12-13H2,1-2H3/t20-/m1/s1. The second-order valence-electron chi connectivity index (χ2n) is 7.51. The minimum atomic E-state index is 0.0554. The van der Waals surface area contributed by atoms with Crippen LogP contribution in [0.15, 0.2) is 49.3 Å². The lowest BCUT2D eigenvalue weighted by Crippen LogP contribution is -2.40. The van der Waals surface area contributed by atoms with E-state index in [2.05, 4.69) is 15.1 Å². The summed E-state index contributed by atoms with van der Waals surface area (Å²) in [7, 11) is 0. The molecular formula is C22H25N5O2. The molecule has 2 aromatic heterocycles. The number of hydrogen-bond donors (Lipinski definition) is 0. The summed E-state index contributed by atoms with van der Waals surface area (Å²) < 4.78 is 7.87. The van der Waals surface area contributed by atoms with Crippen molar-refractivity contribution in [1.29, 1.82) is 0 Å². The highest BCUT2D eigenvalue weighted by atomic mass is 16.5. The SMILES string of the molecule is Cc1cc(C(=O)N2CCC[C@@H](n3cncn3)C2)cc(C)c1OCc1cccnc1. The van der Waals surface area contributed by atoms with Crippen molar-refractivity contribution in [3.05, 3.63) is 71.6 Å². The zero-order chi connectivity index (χ0) is 20.2. The van der Waals surface area contributed by atoms with E-state index in [4.69, 9.17) is 4.74 Å². The van der Waals surface area contributed by atoms with Gasteiger partial charge in [0.25, 0.3) is 5.91 Å². The predicted octanol–water partition coefficient (Wildman–Crippen LogP) is 3.35. The Morgan fingerprint density at radius 3 is 2.76 bits per heavy atom. The fraction of sp³-hybridized carbons (Fsp3) is 0.364. The summed E-state index contributed by atoms with van der Waals surface area (Å²) in [6.45, 7) is 5.84. The number of nitrogens with zero attached hydrogens (tertiary/aromatic N) is 5. The molecule has 1 fully saturated rings. The Hall–Kier alpha value is -3.22. The molecule has 0 bridgehead atoms. The van der Waals surface area contributed by atoms with Crippen molar-refractivity contribution >= 4 is 5.91 Å². The van der Waals surface area contributed by atoms with Crippen LogP contribution in [-0.4, -0.2) is 43.6 Å². The second kappa shape index (κ2) is 8.43. The molecule has 4 rings (SSSR count). The van der Waals surface area contributed by atoms with Gasteiger partial charge in [0.05, 0.1) is 6.04 Å². The maximum Gasteiger partial charge on any atom is 0.253 e. The number of ether oxygens (including phenoxy) is 1. The molecule has 1 aromatic carbocycles. The van der Waals surface area contributed by atoms with Crippen molar-refractivity contribution in [2.45, 2.75) is 39.3 Å². The molecule has 150 valence electrons. The average molecular weight is 391 g/mol. The van der Waals surface area contributed by atoms with Crippen LogP contribution in [-0.2, 0) is 6.61 Å². The topological polar surface area (TPSA) is 73.1 Å². The number of carbonyl (C=O) groups is 1. The van der Waals surface area contributed by atoms with E-state index in [-0.39, 0.29) is 11.9 Å². The average Bonchev–Trinajstić information content (AvgIpc) is 3.28. The van der Waals surface area contributed by atoms with Crippen LogP contribution >= 0.6 is 0 Å². The number of rotatable bonds is 5. The van der Waals surface area contributed by atoms with Crippen LogP contribution in [0.1, 0.15) is 45.9 Å². The second-order valence-corrected chi connectivity index (χ2v) is 7.51. The molecule has 1 aliphatic rings. The van der Waals surface area contributed by atoms with Gasteiger partial charge in [0.15, 0.2) is 0 Å². The third-order valence-corrected chi connectivity index (χ3v) is 5.31. The van der Waals surface area contributed by atoms with Crippen molar-refractivity contribution in [1.82, 2.24) is 24.6 Å². The Morgan fingerprint density at radius 2 is 2.07 bits per heavy atom. The number of benzene rings is 1. The molecule has 29 heavy (non-hydrogen) atoms. The molecule has 0 aliphatic carbocycles. The largest absolute Gasteiger partial charge is 0.488 e. The highest BCUT2D eigenvalue weighted by Gasteiger charge is 2.26. The van der Waals surface area contributed by atoms with Crippen LogP contribution in [0, 0.1) is 13.8 Å². The minimum Gasteiger partial charge on any atom is -0.488 e. The van der Waals surface area contributed by atoms with Crippen molar-refractivity contribution in [3.8, 4) is 5.75 Å². The molecule has 0 spiro atoms. The minimum absolute atomic E-state index is 0.0554. The number of piperidine rings is 1. The first kappa shape index (κ1) is 19.1. The van der Waals surface area contributed by atoms with Crippen LogP contribution in [0.2, 0.25) is 0 Å². The predicted molar refractivity (Wildman–Crippen MR) is 109 cm³/mol. The number of aromatic nitrogens is 4. The van der Waals surface area contributed by atoms with E-state index in [0.29, 0.717) is 18.7 Å². The quantitative estimate of drug-likeness (QED) is 0.667. The van der Waals surface area contributed by atoms with Gasteiger partial charge in [-0.1, -0.05) is 6.07 Å². The van der Waals surface area contributed by atoms with E-state index in [1.807, 2.05) is 47.7 Å². The Bertz CT molecular complexity index is 949. The molecule has 3 aromatic rings. The van der Waals surface area contributed by atoms with Gasteiger partial charge in [-0.25, -0.2) is 9.67 Å². The van der Waals surface area contributed by atoms with Gasteiger partial charge in [-0.2, -0.15) is 5.10 Å². The van der Waals surface area contributed by atoms with E-state index < -0.39 is 0 Å². The number of pyridine rings is 1. The summed E-state index contributed by atoms with van der Waals surface area (Å²) >= 11 is 0. The smallest absolute Gasteiger partial charge is 0.253 e. The van der Waals surface area contributed by atoms with Crippen molar-refractivity contribution in [3.63, 3.8) is 0 Å². The van der Waals surface area contributed by atoms with Crippen LogP contribution in [0.4, 0.5) is 0 Å². The Balaban J connectivity index is 1.47. The third kappa shape index (κ3) is 4.29. The molecule has 1 saturated heterocycles. The number of likely N-dealkylation sites (tertiary alicyclic amines) is 1. The number of carbonyl (C=O) groups excluding carboxylic acids is 1. The zero-order valence-corrected chi connectivity index (χ0v) is 16.8. The Kier molecular flexibility index (Phi) is 5.55. The molecule has 1 atom stereocenters. The fourth-order valence-corrected chi connectivity index (χ4v) is 3.88. The maximum absolute atomic E-state index is 13.1. The molecule has 0 radical (unpaired) electrons. The van der Waals surface area contributed by atoms with E-state index in [0.717, 1.165) is 41.8 Å². The monoisotopic (exact) mass is 391 g/mol. The van der Waals surface area contributed by atoms with Gasteiger partial charge in [0.1, 0.15) is 25.0 Å². The van der Waals surface area contributed by atoms with E-state index in [1.165, 1.54) is 6.33 Å². The summed E-state index contributed by atoms with van der Waals surface area (Å²) in [5.74, 6) is 0.879. The highest BCUT2D eigenvalue weighted by Crippen LogP contribution is 2.28. The molecular weight excluding hydrogens is 366 g/mol. The summed E-state index contributed by atoms with van der Waals surface area (Å²) in [5.41, 5.74) is 3.64. The van der Waals surface area contributed by atoms with Crippen LogP contribution < -0.4 is 4.74 Å². The first-order valence-corrected chi connectivity index (χ1v) is 9.88. The van der Waals surface area contributed by atoms with Gasteiger partial charge >= 0.3 is 0 Å². The zero-order valence-electron chi connectivity index (χ0n) is 16.8. The molecule has 0 unspecified atom stereocenters. The summed E-state index contributed by atoms with van der Waals surface area (Å²) in [6.07, 6.45) is 8.77. The first-order chi connectivity index (χ1) is 14.1. The normalized spacial score (nSPS) is 16.6. The molecule has 0 N–H and O–H groups in total.